The minimum atomic E-state index is -0.607. The fraction of sp³-hybridized carbons (Fsp3) is 0.350. The summed E-state index contributed by atoms with van der Waals surface area (Å²) in [4.78, 5) is 39.3. The first kappa shape index (κ1) is 17.0. The molecule has 0 spiro atoms. The van der Waals surface area contributed by atoms with Gasteiger partial charge in [0, 0.05) is 11.8 Å². The number of hydrogen-bond donors (Lipinski definition) is 0. The monoisotopic (exact) mass is 371 g/mol. The molecule has 6 heteroatoms. The van der Waals surface area contributed by atoms with Crippen LogP contribution in [-0.2, 0) is 14.3 Å². The van der Waals surface area contributed by atoms with E-state index in [2.05, 4.69) is 0 Å². The number of imide groups is 1. The first-order chi connectivity index (χ1) is 12.4. The van der Waals surface area contributed by atoms with Crippen molar-refractivity contribution in [2.75, 3.05) is 12.0 Å². The molecule has 2 amide bonds. The zero-order chi connectivity index (χ0) is 18.7. The van der Waals surface area contributed by atoms with Gasteiger partial charge < -0.3 is 4.74 Å². The number of halogens is 1. The number of esters is 1. The van der Waals surface area contributed by atoms with E-state index in [1.165, 1.54) is 35.3 Å². The molecule has 5 nitrogen and oxygen atoms in total. The Bertz CT molecular complexity index is 878. The Morgan fingerprint density at radius 1 is 1.08 bits per heavy atom. The van der Waals surface area contributed by atoms with Crippen molar-refractivity contribution in [2.24, 2.45) is 23.7 Å². The van der Waals surface area contributed by atoms with Crippen LogP contribution in [0.1, 0.15) is 24.2 Å². The molecular weight excluding hydrogens is 354 g/mol. The van der Waals surface area contributed by atoms with E-state index in [0.717, 1.165) is 0 Å². The zero-order valence-corrected chi connectivity index (χ0v) is 15.4. The number of carbonyl (C=O) groups excluding carboxylic acids is 3. The lowest BCUT2D eigenvalue weighted by Crippen LogP contribution is -2.33. The Balaban J connectivity index is 1.75. The third-order valence-electron chi connectivity index (χ3n) is 5.61. The van der Waals surface area contributed by atoms with Gasteiger partial charge in [-0.05, 0) is 32.0 Å². The van der Waals surface area contributed by atoms with Crippen molar-refractivity contribution in [3.63, 3.8) is 0 Å². The third kappa shape index (κ3) is 2.13. The van der Waals surface area contributed by atoms with Gasteiger partial charge in [-0.15, -0.1) is 0 Å². The molecule has 3 aliphatic rings. The number of anilines is 1. The molecular formula is C20H18ClNO4. The minimum absolute atomic E-state index is 0.0103. The average Bonchev–Trinajstić information content (AvgIpc) is 3.25. The van der Waals surface area contributed by atoms with E-state index in [-0.39, 0.29) is 46.1 Å². The Hall–Kier alpha value is -2.40. The first-order valence-electron chi connectivity index (χ1n) is 8.48. The smallest absolute Gasteiger partial charge is 0.339 e. The maximum Gasteiger partial charge on any atom is 0.339 e. The Kier molecular flexibility index (Phi) is 3.81. The molecule has 0 unspecified atom stereocenters. The molecule has 1 aromatic rings. The number of benzene rings is 1. The van der Waals surface area contributed by atoms with Crippen molar-refractivity contribution in [2.45, 2.75) is 13.8 Å². The van der Waals surface area contributed by atoms with E-state index in [1.54, 1.807) is 6.07 Å². The van der Waals surface area contributed by atoms with Crippen molar-refractivity contribution in [3.05, 3.63) is 52.1 Å². The highest BCUT2D eigenvalue weighted by molar-refractivity contribution is 6.34. The summed E-state index contributed by atoms with van der Waals surface area (Å²) in [5.74, 6) is -1.78. The molecule has 4 atom stereocenters. The standard InChI is InChI=1S/C20H18ClNO4/c1-9(2)15-11-5-6-12(15)17-16(11)18(23)22(19(17)24)10-4-7-14(21)13(8-10)20(25)26-3/h4-8,11-12,16-17H,1-3H3/t11-,12-,16-,17-/m1/s1. The van der Waals surface area contributed by atoms with Crippen LogP contribution >= 0.6 is 11.6 Å². The fourth-order valence-electron chi connectivity index (χ4n) is 4.60. The first-order valence-corrected chi connectivity index (χ1v) is 8.86. The predicted octanol–water partition coefficient (Wildman–Crippen LogP) is 3.38. The number of ether oxygens (including phenoxy) is 1. The largest absolute Gasteiger partial charge is 0.465 e. The van der Waals surface area contributed by atoms with Crippen LogP contribution in [0.5, 0.6) is 0 Å². The highest BCUT2D eigenvalue weighted by Gasteiger charge is 2.61. The van der Waals surface area contributed by atoms with Gasteiger partial charge in [0.1, 0.15) is 0 Å². The van der Waals surface area contributed by atoms with Gasteiger partial charge in [-0.3, -0.25) is 9.59 Å². The number of fused-ring (bicyclic) bond motifs is 5. The second-order valence-corrected chi connectivity index (χ2v) is 7.52. The van der Waals surface area contributed by atoms with Crippen LogP contribution in [-0.4, -0.2) is 24.9 Å². The molecule has 0 N–H and O–H groups in total. The van der Waals surface area contributed by atoms with E-state index in [4.69, 9.17) is 16.3 Å². The lowest BCUT2D eigenvalue weighted by molar-refractivity contribution is -0.122. The SMILES string of the molecule is COC(=O)c1cc(N2C(=O)[C@H]3[C@H](C2=O)[C@@H]2C=C[C@@H]3C2=C(C)C)ccc1Cl. The van der Waals surface area contributed by atoms with Crippen molar-refractivity contribution in [1.82, 2.24) is 0 Å². The Morgan fingerprint density at radius 3 is 2.15 bits per heavy atom. The fourth-order valence-corrected chi connectivity index (χ4v) is 4.80. The average molecular weight is 372 g/mol. The molecule has 26 heavy (non-hydrogen) atoms. The quantitative estimate of drug-likeness (QED) is 0.454. The lowest BCUT2D eigenvalue weighted by Gasteiger charge is -2.20. The number of nitrogens with zero attached hydrogens (tertiary/aromatic N) is 1. The molecule has 4 rings (SSSR count). The molecule has 1 saturated carbocycles. The zero-order valence-electron chi connectivity index (χ0n) is 14.7. The van der Waals surface area contributed by atoms with E-state index >= 15 is 0 Å². The van der Waals surface area contributed by atoms with Gasteiger partial charge in [-0.2, -0.15) is 0 Å². The number of carbonyl (C=O) groups is 3. The second-order valence-electron chi connectivity index (χ2n) is 7.11. The van der Waals surface area contributed by atoms with Gasteiger partial charge in [-0.25, -0.2) is 9.69 Å². The summed E-state index contributed by atoms with van der Waals surface area (Å²) >= 11 is 6.05. The number of methoxy groups -OCH3 is 1. The van der Waals surface area contributed by atoms with Gasteiger partial charge in [0.15, 0.2) is 0 Å². The van der Waals surface area contributed by atoms with Crippen molar-refractivity contribution in [3.8, 4) is 0 Å². The topological polar surface area (TPSA) is 63.7 Å². The van der Waals surface area contributed by atoms with Crippen LogP contribution in [0.4, 0.5) is 5.69 Å². The third-order valence-corrected chi connectivity index (χ3v) is 5.94. The minimum Gasteiger partial charge on any atom is -0.465 e. The van der Waals surface area contributed by atoms with Crippen LogP contribution in [0, 0.1) is 23.7 Å². The molecule has 1 aromatic carbocycles. The maximum absolute atomic E-state index is 13.1. The summed E-state index contributed by atoms with van der Waals surface area (Å²) in [6.07, 6.45) is 4.09. The lowest BCUT2D eigenvalue weighted by atomic mass is 9.85. The van der Waals surface area contributed by atoms with Crippen molar-refractivity contribution in [1.29, 1.82) is 0 Å². The summed E-state index contributed by atoms with van der Waals surface area (Å²) in [5.41, 5.74) is 2.87. The molecule has 0 radical (unpaired) electrons. The highest BCUT2D eigenvalue weighted by atomic mass is 35.5. The summed E-state index contributed by atoms with van der Waals surface area (Å²) in [5, 5.41) is 0.216. The summed E-state index contributed by atoms with van der Waals surface area (Å²) < 4.78 is 4.72. The number of allylic oxidation sites excluding steroid dienone is 4. The molecule has 0 aromatic heterocycles. The van der Waals surface area contributed by atoms with Crippen LogP contribution in [0.2, 0.25) is 5.02 Å². The van der Waals surface area contributed by atoms with Crippen LogP contribution in [0.3, 0.4) is 0 Å². The van der Waals surface area contributed by atoms with Crippen LogP contribution in [0.25, 0.3) is 0 Å². The van der Waals surface area contributed by atoms with Gasteiger partial charge in [-0.1, -0.05) is 34.9 Å². The molecule has 2 fully saturated rings. The van der Waals surface area contributed by atoms with Crippen LogP contribution in [0.15, 0.2) is 41.5 Å². The predicted molar refractivity (Wildman–Crippen MR) is 96.8 cm³/mol. The van der Waals surface area contributed by atoms with Gasteiger partial charge >= 0.3 is 5.97 Å². The van der Waals surface area contributed by atoms with E-state index in [9.17, 15) is 14.4 Å². The second kappa shape index (κ2) is 5.81. The number of amides is 2. The van der Waals surface area contributed by atoms with Gasteiger partial charge in [0.05, 0.1) is 35.2 Å². The Labute approximate surface area is 156 Å². The van der Waals surface area contributed by atoms with Gasteiger partial charge in [0.25, 0.3) is 0 Å². The molecule has 1 aliphatic heterocycles. The van der Waals surface area contributed by atoms with E-state index < -0.39 is 5.97 Å². The summed E-state index contributed by atoms with van der Waals surface area (Å²) in [7, 11) is 1.26. The van der Waals surface area contributed by atoms with Gasteiger partial charge in [0.2, 0.25) is 11.8 Å². The summed E-state index contributed by atoms with van der Waals surface area (Å²) in [6.45, 7) is 4.05. The summed E-state index contributed by atoms with van der Waals surface area (Å²) in [6, 6.07) is 4.54. The highest BCUT2D eigenvalue weighted by Crippen LogP contribution is 2.57. The molecule has 134 valence electrons. The Morgan fingerprint density at radius 2 is 1.65 bits per heavy atom. The molecule has 2 aliphatic carbocycles. The maximum atomic E-state index is 13.1. The van der Waals surface area contributed by atoms with E-state index in [0.29, 0.717) is 5.69 Å². The van der Waals surface area contributed by atoms with E-state index in [1.807, 2.05) is 26.0 Å². The van der Waals surface area contributed by atoms with Crippen LogP contribution < -0.4 is 4.90 Å². The normalized spacial score (nSPS) is 28.8. The van der Waals surface area contributed by atoms with Crippen molar-refractivity contribution < 1.29 is 19.1 Å². The number of hydrogen-bond acceptors (Lipinski definition) is 4. The van der Waals surface area contributed by atoms with Crippen molar-refractivity contribution >= 4 is 35.1 Å². The number of rotatable bonds is 2. The molecule has 1 heterocycles. The molecule has 2 bridgehead atoms. The molecule has 1 saturated heterocycles.